The normalized spacial score (nSPS) is 12.7. The molecule has 0 aromatic heterocycles. The molecule has 134 valence electrons. The van der Waals surface area contributed by atoms with Gasteiger partial charge >= 0.3 is 6.18 Å². The zero-order valence-corrected chi connectivity index (χ0v) is 14.0. The molecule has 0 saturated carbocycles. The quantitative estimate of drug-likeness (QED) is 0.866. The standard InChI is InChI=1S/C19H20F3NO2/c1-3-23(12-19(20,21)22)18(25)15-9-7-14(8-10-15)17-6-4-5-16(11-17)13(2)24/h4-11,13,24H,3,12H2,1-2H3/t13-/m1/s1. The molecule has 0 spiro atoms. The lowest BCUT2D eigenvalue weighted by Crippen LogP contribution is -2.38. The Labute approximate surface area is 144 Å². The number of carbonyl (C=O) groups excluding carboxylic acids is 1. The van der Waals surface area contributed by atoms with E-state index in [4.69, 9.17) is 0 Å². The van der Waals surface area contributed by atoms with Gasteiger partial charge < -0.3 is 10.0 Å². The zero-order chi connectivity index (χ0) is 18.6. The van der Waals surface area contributed by atoms with E-state index >= 15 is 0 Å². The number of carbonyl (C=O) groups is 1. The molecule has 1 N–H and O–H groups in total. The summed E-state index contributed by atoms with van der Waals surface area (Å²) in [7, 11) is 0. The number of aliphatic hydroxyl groups excluding tert-OH is 1. The molecule has 0 radical (unpaired) electrons. The van der Waals surface area contributed by atoms with Crippen molar-refractivity contribution in [1.82, 2.24) is 4.90 Å². The SMILES string of the molecule is CCN(CC(F)(F)F)C(=O)c1ccc(-c2cccc([C@@H](C)O)c2)cc1. The zero-order valence-electron chi connectivity index (χ0n) is 14.0. The molecule has 0 unspecified atom stereocenters. The summed E-state index contributed by atoms with van der Waals surface area (Å²) >= 11 is 0. The maximum Gasteiger partial charge on any atom is 0.406 e. The van der Waals surface area contributed by atoms with Crippen LogP contribution in [-0.4, -0.2) is 35.2 Å². The van der Waals surface area contributed by atoms with Crippen LogP contribution in [0.3, 0.4) is 0 Å². The van der Waals surface area contributed by atoms with E-state index in [1.54, 1.807) is 19.1 Å². The average molecular weight is 351 g/mol. The van der Waals surface area contributed by atoms with Crippen LogP contribution in [0.15, 0.2) is 48.5 Å². The Hall–Kier alpha value is -2.34. The molecule has 2 rings (SSSR count). The molecule has 1 atom stereocenters. The number of amides is 1. The van der Waals surface area contributed by atoms with E-state index in [1.165, 1.54) is 19.1 Å². The molecule has 0 bridgehead atoms. The minimum atomic E-state index is -4.42. The van der Waals surface area contributed by atoms with Crippen LogP contribution in [0.1, 0.15) is 35.9 Å². The molecule has 2 aromatic rings. The van der Waals surface area contributed by atoms with Gasteiger partial charge in [-0.3, -0.25) is 4.79 Å². The van der Waals surface area contributed by atoms with Gasteiger partial charge in [0.05, 0.1) is 6.10 Å². The Bertz CT molecular complexity index is 724. The Morgan fingerprint density at radius 2 is 1.76 bits per heavy atom. The molecule has 0 aliphatic rings. The molecule has 2 aromatic carbocycles. The predicted octanol–water partition coefficient (Wildman–Crippen LogP) is 4.43. The lowest BCUT2D eigenvalue weighted by molar-refractivity contribution is -0.140. The number of aliphatic hydroxyl groups is 1. The largest absolute Gasteiger partial charge is 0.406 e. The monoisotopic (exact) mass is 351 g/mol. The highest BCUT2D eigenvalue weighted by atomic mass is 19.4. The van der Waals surface area contributed by atoms with Crippen LogP contribution in [0.2, 0.25) is 0 Å². The minimum Gasteiger partial charge on any atom is -0.389 e. The molecule has 0 aliphatic heterocycles. The van der Waals surface area contributed by atoms with Crippen molar-refractivity contribution in [2.75, 3.05) is 13.1 Å². The third-order valence-electron chi connectivity index (χ3n) is 3.87. The van der Waals surface area contributed by atoms with Crippen molar-refractivity contribution in [3.63, 3.8) is 0 Å². The van der Waals surface area contributed by atoms with Crippen LogP contribution in [0.25, 0.3) is 11.1 Å². The van der Waals surface area contributed by atoms with Gasteiger partial charge in [-0.1, -0.05) is 30.3 Å². The fourth-order valence-electron chi connectivity index (χ4n) is 2.51. The number of halogens is 3. The van der Waals surface area contributed by atoms with Crippen molar-refractivity contribution in [2.24, 2.45) is 0 Å². The average Bonchev–Trinajstić information content (AvgIpc) is 2.58. The maximum atomic E-state index is 12.5. The fourth-order valence-corrected chi connectivity index (χ4v) is 2.51. The second-order valence-electron chi connectivity index (χ2n) is 5.81. The van der Waals surface area contributed by atoms with E-state index in [2.05, 4.69) is 0 Å². The molecule has 0 saturated heterocycles. The summed E-state index contributed by atoms with van der Waals surface area (Å²) in [6, 6.07) is 13.7. The predicted molar refractivity (Wildman–Crippen MR) is 90.1 cm³/mol. The molecule has 3 nitrogen and oxygen atoms in total. The third kappa shape index (κ3) is 5.06. The van der Waals surface area contributed by atoms with Gasteiger partial charge in [0.1, 0.15) is 6.54 Å². The van der Waals surface area contributed by atoms with Gasteiger partial charge in [0.2, 0.25) is 0 Å². The first kappa shape index (κ1) is 19.0. The topological polar surface area (TPSA) is 40.5 Å². The van der Waals surface area contributed by atoms with E-state index in [0.717, 1.165) is 21.6 Å². The highest BCUT2D eigenvalue weighted by Crippen LogP contribution is 2.24. The van der Waals surface area contributed by atoms with Crippen LogP contribution in [-0.2, 0) is 0 Å². The van der Waals surface area contributed by atoms with E-state index in [-0.39, 0.29) is 12.1 Å². The Morgan fingerprint density at radius 1 is 1.12 bits per heavy atom. The van der Waals surface area contributed by atoms with Crippen LogP contribution in [0.5, 0.6) is 0 Å². The van der Waals surface area contributed by atoms with Gasteiger partial charge in [-0.2, -0.15) is 13.2 Å². The second-order valence-corrected chi connectivity index (χ2v) is 5.81. The van der Waals surface area contributed by atoms with Crippen molar-refractivity contribution in [3.05, 3.63) is 59.7 Å². The Morgan fingerprint density at radius 3 is 2.28 bits per heavy atom. The second kappa shape index (κ2) is 7.70. The molecule has 25 heavy (non-hydrogen) atoms. The maximum absolute atomic E-state index is 12.5. The van der Waals surface area contributed by atoms with Crippen molar-refractivity contribution < 1.29 is 23.1 Å². The highest BCUT2D eigenvalue weighted by Gasteiger charge is 2.32. The molecular weight excluding hydrogens is 331 g/mol. The van der Waals surface area contributed by atoms with Gasteiger partial charge in [0, 0.05) is 12.1 Å². The summed E-state index contributed by atoms with van der Waals surface area (Å²) in [6.07, 6.45) is -5.02. The van der Waals surface area contributed by atoms with Gasteiger partial charge in [-0.25, -0.2) is 0 Å². The van der Waals surface area contributed by atoms with Crippen LogP contribution in [0, 0.1) is 0 Å². The fraction of sp³-hybridized carbons (Fsp3) is 0.316. The Balaban J connectivity index is 2.21. The van der Waals surface area contributed by atoms with E-state index in [9.17, 15) is 23.1 Å². The third-order valence-corrected chi connectivity index (χ3v) is 3.87. The number of hydrogen-bond donors (Lipinski definition) is 1. The molecule has 0 heterocycles. The summed E-state index contributed by atoms with van der Waals surface area (Å²) in [5, 5.41) is 9.65. The lowest BCUT2D eigenvalue weighted by Gasteiger charge is -2.22. The van der Waals surface area contributed by atoms with E-state index < -0.39 is 24.7 Å². The van der Waals surface area contributed by atoms with Crippen LogP contribution in [0.4, 0.5) is 13.2 Å². The summed E-state index contributed by atoms with van der Waals surface area (Å²) in [4.78, 5) is 13.0. The molecule has 0 fully saturated rings. The first-order valence-electron chi connectivity index (χ1n) is 7.95. The number of hydrogen-bond acceptors (Lipinski definition) is 2. The first-order valence-corrected chi connectivity index (χ1v) is 7.95. The van der Waals surface area contributed by atoms with Crippen molar-refractivity contribution in [1.29, 1.82) is 0 Å². The number of nitrogens with zero attached hydrogens (tertiary/aromatic N) is 1. The minimum absolute atomic E-state index is 0.0173. The molecule has 0 aliphatic carbocycles. The van der Waals surface area contributed by atoms with Gasteiger partial charge in [0.25, 0.3) is 5.91 Å². The van der Waals surface area contributed by atoms with Crippen molar-refractivity contribution >= 4 is 5.91 Å². The molecule has 6 heteroatoms. The van der Waals surface area contributed by atoms with Gasteiger partial charge in [-0.05, 0) is 48.7 Å². The van der Waals surface area contributed by atoms with Gasteiger partial charge in [-0.15, -0.1) is 0 Å². The number of alkyl halides is 3. The van der Waals surface area contributed by atoms with Crippen LogP contribution >= 0.6 is 0 Å². The summed E-state index contributed by atoms with van der Waals surface area (Å²) in [5.74, 6) is -0.649. The Kier molecular flexibility index (Phi) is 5.85. The van der Waals surface area contributed by atoms with Crippen molar-refractivity contribution in [2.45, 2.75) is 26.1 Å². The summed E-state index contributed by atoms with van der Waals surface area (Å²) in [6.45, 7) is 1.90. The molecular formula is C19H20F3NO2. The molecule has 1 amide bonds. The van der Waals surface area contributed by atoms with E-state index in [1.807, 2.05) is 24.3 Å². The lowest BCUT2D eigenvalue weighted by atomic mass is 10.00. The number of rotatable bonds is 5. The van der Waals surface area contributed by atoms with Gasteiger partial charge in [0.15, 0.2) is 0 Å². The number of benzene rings is 2. The summed E-state index contributed by atoms with van der Waals surface area (Å²) in [5.41, 5.74) is 2.65. The van der Waals surface area contributed by atoms with E-state index in [0.29, 0.717) is 0 Å². The van der Waals surface area contributed by atoms with Crippen LogP contribution < -0.4 is 0 Å². The summed E-state index contributed by atoms with van der Waals surface area (Å²) < 4.78 is 37.6. The smallest absolute Gasteiger partial charge is 0.389 e. The van der Waals surface area contributed by atoms with Crippen molar-refractivity contribution in [3.8, 4) is 11.1 Å². The first-order chi connectivity index (χ1) is 11.7. The highest BCUT2D eigenvalue weighted by molar-refractivity contribution is 5.94.